The molecule has 9 heteroatoms. The normalized spacial score (nSPS) is 16.4. The summed E-state index contributed by atoms with van der Waals surface area (Å²) in [6, 6.07) is 4.36. The SMILES string of the molecule is CCC[C@@H](C)NC(=O)COC(=O)c1ccc(C)c(S(=O)(=O)N2CCOCC2)c1. The van der Waals surface area contributed by atoms with Crippen LogP contribution in [-0.2, 0) is 24.3 Å². The van der Waals surface area contributed by atoms with Gasteiger partial charge in [0.15, 0.2) is 6.61 Å². The molecule has 1 amide bonds. The van der Waals surface area contributed by atoms with Crippen LogP contribution in [0.5, 0.6) is 0 Å². The maximum absolute atomic E-state index is 12.9. The number of rotatable bonds is 8. The number of nitrogens with zero attached hydrogens (tertiary/aromatic N) is 1. The summed E-state index contributed by atoms with van der Waals surface area (Å²) in [6.45, 7) is 6.38. The van der Waals surface area contributed by atoms with Crippen molar-refractivity contribution in [3.63, 3.8) is 0 Å². The van der Waals surface area contributed by atoms with Crippen LogP contribution in [0.1, 0.15) is 42.6 Å². The summed E-state index contributed by atoms with van der Waals surface area (Å²) in [5.41, 5.74) is 0.626. The number of hydrogen-bond acceptors (Lipinski definition) is 6. The summed E-state index contributed by atoms with van der Waals surface area (Å²) in [6.07, 6.45) is 1.77. The van der Waals surface area contributed by atoms with Crippen molar-refractivity contribution in [1.82, 2.24) is 9.62 Å². The van der Waals surface area contributed by atoms with Gasteiger partial charge in [0.2, 0.25) is 10.0 Å². The molecule has 28 heavy (non-hydrogen) atoms. The third kappa shape index (κ3) is 5.76. The van der Waals surface area contributed by atoms with E-state index in [1.807, 2.05) is 13.8 Å². The highest BCUT2D eigenvalue weighted by Gasteiger charge is 2.28. The smallest absolute Gasteiger partial charge is 0.338 e. The van der Waals surface area contributed by atoms with Crippen LogP contribution >= 0.6 is 0 Å². The Hall–Kier alpha value is -1.97. The van der Waals surface area contributed by atoms with Gasteiger partial charge in [-0.05, 0) is 38.0 Å². The van der Waals surface area contributed by atoms with Crippen molar-refractivity contribution in [3.8, 4) is 0 Å². The van der Waals surface area contributed by atoms with Crippen LogP contribution in [0.25, 0.3) is 0 Å². The number of aryl methyl sites for hydroxylation is 1. The van der Waals surface area contributed by atoms with Gasteiger partial charge in [-0.25, -0.2) is 13.2 Å². The van der Waals surface area contributed by atoms with Crippen molar-refractivity contribution in [3.05, 3.63) is 29.3 Å². The summed E-state index contributed by atoms with van der Waals surface area (Å²) in [5.74, 6) is -1.13. The van der Waals surface area contributed by atoms with Gasteiger partial charge in [-0.15, -0.1) is 0 Å². The lowest BCUT2D eigenvalue weighted by Gasteiger charge is -2.26. The van der Waals surface area contributed by atoms with Gasteiger partial charge in [0, 0.05) is 19.1 Å². The van der Waals surface area contributed by atoms with Crippen molar-refractivity contribution >= 4 is 21.9 Å². The number of ether oxygens (including phenoxy) is 2. The van der Waals surface area contributed by atoms with Crippen LogP contribution in [0.15, 0.2) is 23.1 Å². The molecular weight excluding hydrogens is 384 g/mol. The lowest BCUT2D eigenvalue weighted by molar-refractivity contribution is -0.124. The van der Waals surface area contributed by atoms with Crippen LogP contribution in [-0.4, -0.2) is 63.6 Å². The first kappa shape index (κ1) is 22.3. The van der Waals surface area contributed by atoms with Gasteiger partial charge in [0.1, 0.15) is 0 Å². The van der Waals surface area contributed by atoms with Crippen molar-refractivity contribution < 1.29 is 27.5 Å². The monoisotopic (exact) mass is 412 g/mol. The first-order valence-electron chi connectivity index (χ1n) is 9.40. The quantitative estimate of drug-likeness (QED) is 0.649. The number of nitrogens with one attached hydrogen (secondary N) is 1. The first-order chi connectivity index (χ1) is 13.3. The number of benzene rings is 1. The Morgan fingerprint density at radius 3 is 2.61 bits per heavy atom. The summed E-state index contributed by atoms with van der Waals surface area (Å²) in [7, 11) is -3.74. The number of hydrogen-bond donors (Lipinski definition) is 1. The summed E-state index contributed by atoms with van der Waals surface area (Å²) in [4.78, 5) is 24.2. The van der Waals surface area contributed by atoms with Crippen LogP contribution in [0.2, 0.25) is 0 Å². The molecule has 0 radical (unpaired) electrons. The van der Waals surface area contributed by atoms with Crippen molar-refractivity contribution in [1.29, 1.82) is 0 Å². The molecule has 1 N–H and O–H groups in total. The highest BCUT2D eigenvalue weighted by Crippen LogP contribution is 2.22. The van der Waals surface area contributed by atoms with E-state index in [1.165, 1.54) is 16.4 Å². The Morgan fingerprint density at radius 2 is 1.96 bits per heavy atom. The minimum atomic E-state index is -3.74. The fourth-order valence-electron chi connectivity index (χ4n) is 2.97. The molecule has 0 aliphatic carbocycles. The molecule has 0 saturated carbocycles. The standard InChI is InChI=1S/C19H28N2O6S/c1-4-5-15(3)20-18(22)13-27-19(23)16-7-6-14(2)17(12-16)28(24,25)21-8-10-26-11-9-21/h6-7,12,15H,4-5,8-11,13H2,1-3H3,(H,20,22)/t15-/m1/s1. The van der Waals surface area contributed by atoms with E-state index >= 15 is 0 Å². The number of esters is 1. The van der Waals surface area contributed by atoms with Gasteiger partial charge in [0.25, 0.3) is 5.91 Å². The molecule has 2 rings (SSSR count). The first-order valence-corrected chi connectivity index (χ1v) is 10.8. The zero-order valence-electron chi connectivity index (χ0n) is 16.6. The number of sulfonamides is 1. The van der Waals surface area contributed by atoms with Crippen molar-refractivity contribution in [2.45, 2.75) is 44.6 Å². The van der Waals surface area contributed by atoms with Crippen LogP contribution in [0.3, 0.4) is 0 Å². The Labute approximate surface area is 166 Å². The second-order valence-corrected chi connectivity index (χ2v) is 8.74. The predicted molar refractivity (Wildman–Crippen MR) is 104 cm³/mol. The molecule has 1 aromatic carbocycles. The molecule has 1 heterocycles. The van der Waals surface area contributed by atoms with Gasteiger partial charge in [-0.1, -0.05) is 19.4 Å². The van der Waals surface area contributed by atoms with Crippen LogP contribution in [0, 0.1) is 6.92 Å². The molecule has 0 aromatic heterocycles. The minimum Gasteiger partial charge on any atom is -0.452 e. The predicted octanol–water partition coefficient (Wildman–Crippen LogP) is 1.48. The average molecular weight is 413 g/mol. The molecule has 0 unspecified atom stereocenters. The Balaban J connectivity index is 2.07. The van der Waals surface area contributed by atoms with Gasteiger partial charge >= 0.3 is 5.97 Å². The van der Waals surface area contributed by atoms with Crippen LogP contribution in [0.4, 0.5) is 0 Å². The number of carbonyl (C=O) groups excluding carboxylic acids is 2. The van der Waals surface area contributed by atoms with Gasteiger partial charge in [-0.3, -0.25) is 4.79 Å². The summed E-state index contributed by atoms with van der Waals surface area (Å²) >= 11 is 0. The van der Waals surface area contributed by atoms with E-state index < -0.39 is 22.6 Å². The fraction of sp³-hybridized carbons (Fsp3) is 0.579. The molecule has 1 aliphatic rings. The molecule has 1 aliphatic heterocycles. The maximum Gasteiger partial charge on any atom is 0.338 e. The Bertz CT molecular complexity index is 803. The molecule has 1 saturated heterocycles. The molecule has 1 atom stereocenters. The lowest BCUT2D eigenvalue weighted by Crippen LogP contribution is -2.40. The lowest BCUT2D eigenvalue weighted by atomic mass is 10.1. The third-order valence-corrected chi connectivity index (χ3v) is 6.52. The van der Waals surface area contributed by atoms with E-state index in [9.17, 15) is 18.0 Å². The largest absolute Gasteiger partial charge is 0.452 e. The van der Waals surface area contributed by atoms with Gasteiger partial charge in [-0.2, -0.15) is 4.31 Å². The highest BCUT2D eigenvalue weighted by molar-refractivity contribution is 7.89. The van der Waals surface area contributed by atoms with E-state index in [1.54, 1.807) is 13.0 Å². The van der Waals surface area contributed by atoms with Crippen molar-refractivity contribution in [2.75, 3.05) is 32.9 Å². The zero-order chi connectivity index (χ0) is 20.7. The molecule has 0 spiro atoms. The minimum absolute atomic E-state index is 0.000782. The number of amides is 1. The number of morpholine rings is 1. The molecule has 1 aromatic rings. The molecular formula is C19H28N2O6S. The van der Waals surface area contributed by atoms with Gasteiger partial charge in [0.05, 0.1) is 23.7 Å². The molecule has 1 fully saturated rings. The van der Waals surface area contributed by atoms with Crippen LogP contribution < -0.4 is 5.32 Å². The molecule has 0 bridgehead atoms. The van der Waals surface area contributed by atoms with Crippen molar-refractivity contribution in [2.24, 2.45) is 0 Å². The van der Waals surface area contributed by atoms with E-state index in [-0.39, 0.29) is 35.5 Å². The Morgan fingerprint density at radius 1 is 1.29 bits per heavy atom. The molecule has 156 valence electrons. The van der Waals surface area contributed by atoms with E-state index in [0.717, 1.165) is 12.8 Å². The topological polar surface area (TPSA) is 102 Å². The Kier molecular flexibility index (Phi) is 7.97. The third-order valence-electron chi connectivity index (χ3n) is 4.48. The molecule has 8 nitrogen and oxygen atoms in total. The van der Waals surface area contributed by atoms with E-state index in [2.05, 4.69) is 5.32 Å². The fourth-order valence-corrected chi connectivity index (χ4v) is 4.63. The average Bonchev–Trinajstić information content (AvgIpc) is 2.67. The van der Waals surface area contributed by atoms with E-state index in [0.29, 0.717) is 18.8 Å². The highest BCUT2D eigenvalue weighted by atomic mass is 32.2. The van der Waals surface area contributed by atoms with Gasteiger partial charge < -0.3 is 14.8 Å². The second-order valence-electron chi connectivity index (χ2n) is 6.83. The maximum atomic E-state index is 12.9. The van der Waals surface area contributed by atoms with E-state index in [4.69, 9.17) is 9.47 Å². The zero-order valence-corrected chi connectivity index (χ0v) is 17.4. The second kappa shape index (κ2) is 9.99. The number of carbonyl (C=O) groups is 2. The summed E-state index contributed by atoms with van der Waals surface area (Å²) < 4.78 is 37.4. The summed E-state index contributed by atoms with van der Waals surface area (Å²) in [5, 5.41) is 2.74.